The van der Waals surface area contributed by atoms with E-state index in [1.54, 1.807) is 0 Å². The van der Waals surface area contributed by atoms with Gasteiger partial charge in [0.25, 0.3) is 0 Å². The summed E-state index contributed by atoms with van der Waals surface area (Å²) in [5, 5.41) is 13.7. The van der Waals surface area contributed by atoms with E-state index < -0.39 is 0 Å². The van der Waals surface area contributed by atoms with Crippen molar-refractivity contribution in [2.45, 2.75) is 19.4 Å². The van der Waals surface area contributed by atoms with Crippen LogP contribution in [0, 0.1) is 17.2 Å². The standard InChI is InChI=1S/C18H19N3O/c1-13-11-17(18(22)20-10-9-19)21(12-13)16-8-4-6-14-5-2-3-7-15(14)16/h2-8,13,17H,10-12H2,1H3,(H,20,22)/t13-,17-/m0/s1. The Morgan fingerprint density at radius 3 is 2.91 bits per heavy atom. The summed E-state index contributed by atoms with van der Waals surface area (Å²) in [6.07, 6.45) is 0.820. The molecule has 2 atom stereocenters. The summed E-state index contributed by atoms with van der Waals surface area (Å²) in [5.74, 6) is 0.399. The highest BCUT2D eigenvalue weighted by Gasteiger charge is 2.35. The Balaban J connectivity index is 1.97. The van der Waals surface area contributed by atoms with Gasteiger partial charge in [-0.05, 0) is 23.8 Å². The van der Waals surface area contributed by atoms with Crippen LogP contribution in [0.15, 0.2) is 42.5 Å². The maximum atomic E-state index is 12.4. The number of hydrogen-bond acceptors (Lipinski definition) is 3. The summed E-state index contributed by atoms with van der Waals surface area (Å²) in [6, 6.07) is 16.2. The minimum absolute atomic E-state index is 0.0566. The quantitative estimate of drug-likeness (QED) is 0.885. The zero-order valence-corrected chi connectivity index (χ0v) is 12.6. The van der Waals surface area contributed by atoms with Gasteiger partial charge in [-0.15, -0.1) is 0 Å². The molecule has 2 aromatic carbocycles. The molecule has 4 nitrogen and oxygen atoms in total. The van der Waals surface area contributed by atoms with Gasteiger partial charge in [0.1, 0.15) is 12.6 Å². The monoisotopic (exact) mass is 293 g/mol. The summed E-state index contributed by atoms with van der Waals surface area (Å²) < 4.78 is 0. The molecule has 0 saturated carbocycles. The minimum atomic E-state index is -0.200. The number of fused-ring (bicyclic) bond motifs is 1. The van der Waals surface area contributed by atoms with E-state index in [1.165, 1.54) is 5.39 Å². The average molecular weight is 293 g/mol. The van der Waals surface area contributed by atoms with Crippen LogP contribution < -0.4 is 10.2 Å². The fourth-order valence-corrected chi connectivity index (χ4v) is 3.26. The topological polar surface area (TPSA) is 56.1 Å². The van der Waals surface area contributed by atoms with Crippen molar-refractivity contribution >= 4 is 22.4 Å². The Morgan fingerprint density at radius 1 is 1.32 bits per heavy atom. The highest BCUT2D eigenvalue weighted by atomic mass is 16.2. The summed E-state index contributed by atoms with van der Waals surface area (Å²) in [6.45, 7) is 3.08. The molecule has 0 spiro atoms. The molecule has 0 radical (unpaired) electrons. The summed E-state index contributed by atoms with van der Waals surface area (Å²) in [7, 11) is 0. The molecule has 0 aliphatic carbocycles. The van der Waals surface area contributed by atoms with Gasteiger partial charge in [0.2, 0.25) is 5.91 Å². The first-order valence-corrected chi connectivity index (χ1v) is 7.60. The molecule has 1 amide bonds. The molecule has 1 fully saturated rings. The molecule has 0 unspecified atom stereocenters. The number of benzene rings is 2. The number of amides is 1. The van der Waals surface area contributed by atoms with Gasteiger partial charge < -0.3 is 10.2 Å². The van der Waals surface area contributed by atoms with E-state index in [2.05, 4.69) is 41.4 Å². The van der Waals surface area contributed by atoms with E-state index in [0.29, 0.717) is 5.92 Å². The third kappa shape index (κ3) is 2.62. The third-order valence-electron chi connectivity index (χ3n) is 4.23. The van der Waals surface area contributed by atoms with Crippen molar-refractivity contribution in [1.29, 1.82) is 5.26 Å². The van der Waals surface area contributed by atoms with Crippen LogP contribution in [0.5, 0.6) is 0 Å². The van der Waals surface area contributed by atoms with Crippen LogP contribution in [0.3, 0.4) is 0 Å². The Kier molecular flexibility index (Phi) is 3.97. The largest absolute Gasteiger partial charge is 0.359 e. The second-order valence-electron chi connectivity index (χ2n) is 5.88. The second kappa shape index (κ2) is 6.07. The summed E-state index contributed by atoms with van der Waals surface area (Å²) in [5.41, 5.74) is 1.10. The first-order chi connectivity index (χ1) is 10.7. The lowest BCUT2D eigenvalue weighted by Crippen LogP contribution is -2.43. The van der Waals surface area contributed by atoms with Crippen LogP contribution in [0.4, 0.5) is 5.69 Å². The highest BCUT2D eigenvalue weighted by Crippen LogP contribution is 2.34. The number of nitriles is 1. The molecule has 1 heterocycles. The van der Waals surface area contributed by atoms with Crippen molar-refractivity contribution in [3.63, 3.8) is 0 Å². The minimum Gasteiger partial charge on any atom is -0.359 e. The highest BCUT2D eigenvalue weighted by molar-refractivity contribution is 5.97. The van der Waals surface area contributed by atoms with Crippen molar-refractivity contribution < 1.29 is 4.79 Å². The Morgan fingerprint density at radius 2 is 2.09 bits per heavy atom. The number of anilines is 1. The molecule has 1 saturated heterocycles. The molecule has 2 aromatic rings. The van der Waals surface area contributed by atoms with Crippen LogP contribution in [0.25, 0.3) is 10.8 Å². The van der Waals surface area contributed by atoms with Crippen molar-refractivity contribution in [2.75, 3.05) is 18.0 Å². The third-order valence-corrected chi connectivity index (χ3v) is 4.23. The van der Waals surface area contributed by atoms with Gasteiger partial charge in [-0.25, -0.2) is 0 Å². The van der Waals surface area contributed by atoms with Crippen molar-refractivity contribution in [1.82, 2.24) is 5.32 Å². The van der Waals surface area contributed by atoms with Crippen molar-refractivity contribution in [2.24, 2.45) is 5.92 Å². The Bertz CT molecular complexity index is 729. The van der Waals surface area contributed by atoms with Gasteiger partial charge in [0.05, 0.1) is 6.07 Å². The van der Waals surface area contributed by atoms with Crippen LogP contribution in [-0.2, 0) is 4.79 Å². The zero-order valence-electron chi connectivity index (χ0n) is 12.6. The molecule has 0 aromatic heterocycles. The average Bonchev–Trinajstić information content (AvgIpc) is 2.94. The van der Waals surface area contributed by atoms with Gasteiger partial charge in [-0.1, -0.05) is 43.3 Å². The number of rotatable bonds is 3. The molecule has 1 aliphatic rings. The fourth-order valence-electron chi connectivity index (χ4n) is 3.26. The van der Waals surface area contributed by atoms with Gasteiger partial charge in [0.15, 0.2) is 0 Å². The maximum absolute atomic E-state index is 12.4. The predicted molar refractivity (Wildman–Crippen MR) is 87.5 cm³/mol. The van der Waals surface area contributed by atoms with Crippen LogP contribution in [-0.4, -0.2) is 25.0 Å². The Hall–Kier alpha value is -2.54. The molecule has 22 heavy (non-hydrogen) atoms. The normalized spacial score (nSPS) is 20.8. The van der Waals surface area contributed by atoms with Crippen LogP contribution >= 0.6 is 0 Å². The van der Waals surface area contributed by atoms with E-state index in [0.717, 1.165) is 24.0 Å². The maximum Gasteiger partial charge on any atom is 0.243 e. The summed E-state index contributed by atoms with van der Waals surface area (Å²) in [4.78, 5) is 14.5. The molecule has 1 aliphatic heterocycles. The lowest BCUT2D eigenvalue weighted by Gasteiger charge is -2.27. The van der Waals surface area contributed by atoms with E-state index in [9.17, 15) is 4.79 Å². The molecule has 0 bridgehead atoms. The fraction of sp³-hybridized carbons (Fsp3) is 0.333. The molecular weight excluding hydrogens is 274 g/mol. The number of carbonyl (C=O) groups excluding carboxylic acids is 1. The van der Waals surface area contributed by atoms with E-state index in [-0.39, 0.29) is 18.5 Å². The first-order valence-electron chi connectivity index (χ1n) is 7.60. The molecular formula is C18H19N3O. The zero-order chi connectivity index (χ0) is 15.5. The lowest BCUT2D eigenvalue weighted by molar-refractivity contribution is -0.122. The second-order valence-corrected chi connectivity index (χ2v) is 5.88. The molecule has 3 rings (SSSR count). The number of nitrogens with zero attached hydrogens (tertiary/aromatic N) is 2. The first kappa shape index (κ1) is 14.4. The number of nitrogens with one attached hydrogen (secondary N) is 1. The Labute approximate surface area is 130 Å². The van der Waals surface area contributed by atoms with Gasteiger partial charge in [0, 0.05) is 17.6 Å². The van der Waals surface area contributed by atoms with E-state index in [4.69, 9.17) is 5.26 Å². The lowest BCUT2D eigenvalue weighted by atomic mass is 10.1. The molecule has 4 heteroatoms. The van der Waals surface area contributed by atoms with E-state index >= 15 is 0 Å². The SMILES string of the molecule is C[C@H]1C[C@@H](C(=O)NCC#N)N(c2cccc3ccccc23)C1. The van der Waals surface area contributed by atoms with Crippen LogP contribution in [0.1, 0.15) is 13.3 Å². The van der Waals surface area contributed by atoms with Crippen molar-refractivity contribution in [3.8, 4) is 6.07 Å². The predicted octanol–water partition coefficient (Wildman–Crippen LogP) is 2.69. The summed E-state index contributed by atoms with van der Waals surface area (Å²) >= 11 is 0. The van der Waals surface area contributed by atoms with Gasteiger partial charge >= 0.3 is 0 Å². The van der Waals surface area contributed by atoms with Gasteiger partial charge in [-0.2, -0.15) is 5.26 Å². The van der Waals surface area contributed by atoms with Gasteiger partial charge in [-0.3, -0.25) is 4.79 Å². The smallest absolute Gasteiger partial charge is 0.243 e. The molecule has 112 valence electrons. The van der Waals surface area contributed by atoms with Crippen molar-refractivity contribution in [3.05, 3.63) is 42.5 Å². The van der Waals surface area contributed by atoms with Crippen LogP contribution in [0.2, 0.25) is 0 Å². The number of carbonyl (C=O) groups is 1. The molecule has 1 N–H and O–H groups in total. The van der Waals surface area contributed by atoms with E-state index in [1.807, 2.05) is 24.3 Å². The number of hydrogen-bond donors (Lipinski definition) is 1.